The first-order chi connectivity index (χ1) is 15.6. The number of anilines is 1. The van der Waals surface area contributed by atoms with E-state index in [9.17, 15) is 4.79 Å². The standard InChI is InChI=1S/C28H32N2O2S/c1-19-9-6-7-12-25(19)32-18-20(2)29-27(33)30-24-11-8-10-22(17-24)26(31)21-13-15-23(16-14-21)28(3,4)5/h6-17,20H,18H2,1-5H3,(H2,29,30,33). The molecule has 3 aromatic rings. The number of benzene rings is 3. The van der Waals surface area contributed by atoms with Crippen molar-refractivity contribution in [3.05, 3.63) is 95.1 Å². The first-order valence-electron chi connectivity index (χ1n) is 11.1. The summed E-state index contributed by atoms with van der Waals surface area (Å²) in [4.78, 5) is 13.0. The molecule has 1 atom stereocenters. The smallest absolute Gasteiger partial charge is 0.193 e. The summed E-state index contributed by atoms with van der Waals surface area (Å²) < 4.78 is 5.88. The number of carbonyl (C=O) groups excluding carboxylic acids is 1. The van der Waals surface area contributed by atoms with Gasteiger partial charge in [-0.25, -0.2) is 0 Å². The van der Waals surface area contributed by atoms with E-state index in [1.54, 1.807) is 0 Å². The zero-order chi connectivity index (χ0) is 24.0. The normalized spacial score (nSPS) is 12.0. The molecule has 0 saturated carbocycles. The van der Waals surface area contributed by atoms with Gasteiger partial charge in [-0.05, 0) is 60.8 Å². The minimum absolute atomic E-state index is 0.00996. The summed E-state index contributed by atoms with van der Waals surface area (Å²) in [6.07, 6.45) is 0. The van der Waals surface area contributed by atoms with E-state index in [0.717, 1.165) is 17.0 Å². The molecule has 3 rings (SSSR count). The van der Waals surface area contributed by atoms with Crippen molar-refractivity contribution < 1.29 is 9.53 Å². The zero-order valence-electron chi connectivity index (χ0n) is 19.9. The van der Waals surface area contributed by atoms with Crippen molar-refractivity contribution in [1.82, 2.24) is 5.32 Å². The van der Waals surface area contributed by atoms with Crippen LogP contribution >= 0.6 is 12.2 Å². The Hall–Kier alpha value is -3.18. The van der Waals surface area contributed by atoms with Crippen LogP contribution in [0.25, 0.3) is 0 Å². The van der Waals surface area contributed by atoms with Crippen molar-refractivity contribution >= 4 is 28.8 Å². The first-order valence-corrected chi connectivity index (χ1v) is 11.6. The third-order valence-electron chi connectivity index (χ3n) is 5.36. The molecule has 33 heavy (non-hydrogen) atoms. The predicted molar refractivity (Wildman–Crippen MR) is 141 cm³/mol. The van der Waals surface area contributed by atoms with Crippen LogP contribution in [0.3, 0.4) is 0 Å². The van der Waals surface area contributed by atoms with Crippen LogP contribution in [-0.4, -0.2) is 23.5 Å². The second-order valence-corrected chi connectivity index (χ2v) is 9.72. The highest BCUT2D eigenvalue weighted by molar-refractivity contribution is 7.80. The van der Waals surface area contributed by atoms with Crippen LogP contribution in [0, 0.1) is 6.92 Å². The van der Waals surface area contributed by atoms with E-state index in [1.807, 2.05) is 86.6 Å². The van der Waals surface area contributed by atoms with Gasteiger partial charge < -0.3 is 15.4 Å². The zero-order valence-corrected chi connectivity index (χ0v) is 20.8. The minimum atomic E-state index is -0.0158. The molecule has 0 spiro atoms. The van der Waals surface area contributed by atoms with Crippen molar-refractivity contribution in [1.29, 1.82) is 0 Å². The van der Waals surface area contributed by atoms with Gasteiger partial charge in [-0.3, -0.25) is 4.79 Å². The summed E-state index contributed by atoms with van der Waals surface area (Å²) in [6.45, 7) is 11.0. The van der Waals surface area contributed by atoms with E-state index in [4.69, 9.17) is 17.0 Å². The summed E-state index contributed by atoms with van der Waals surface area (Å²) in [7, 11) is 0. The minimum Gasteiger partial charge on any atom is -0.491 e. The van der Waals surface area contributed by atoms with Crippen molar-refractivity contribution in [3.8, 4) is 5.75 Å². The van der Waals surface area contributed by atoms with Gasteiger partial charge >= 0.3 is 0 Å². The van der Waals surface area contributed by atoms with Gasteiger partial charge in [-0.1, -0.05) is 75.4 Å². The molecule has 0 amide bonds. The van der Waals surface area contributed by atoms with Gasteiger partial charge in [-0.2, -0.15) is 0 Å². The fraction of sp³-hybridized carbons (Fsp3) is 0.286. The number of carbonyl (C=O) groups is 1. The summed E-state index contributed by atoms with van der Waals surface area (Å²) in [5, 5.41) is 6.88. The molecule has 0 aliphatic heterocycles. The maximum Gasteiger partial charge on any atom is 0.193 e. The number of rotatable bonds is 7. The van der Waals surface area contributed by atoms with E-state index in [-0.39, 0.29) is 17.2 Å². The molecule has 0 aromatic heterocycles. The molecule has 4 nitrogen and oxygen atoms in total. The van der Waals surface area contributed by atoms with Crippen molar-refractivity contribution in [2.24, 2.45) is 0 Å². The van der Waals surface area contributed by atoms with Crippen molar-refractivity contribution in [2.45, 2.75) is 46.1 Å². The summed E-state index contributed by atoms with van der Waals surface area (Å²) in [5.41, 5.74) is 4.39. The molecule has 0 fully saturated rings. The largest absolute Gasteiger partial charge is 0.491 e. The summed E-state index contributed by atoms with van der Waals surface area (Å²) in [6, 6.07) is 23.2. The van der Waals surface area contributed by atoms with E-state index < -0.39 is 0 Å². The van der Waals surface area contributed by atoms with Crippen LogP contribution in [0.4, 0.5) is 5.69 Å². The van der Waals surface area contributed by atoms with E-state index >= 15 is 0 Å². The van der Waals surface area contributed by atoms with Crippen LogP contribution in [0.1, 0.15) is 54.7 Å². The molecule has 172 valence electrons. The third kappa shape index (κ3) is 6.90. The van der Waals surface area contributed by atoms with Gasteiger partial charge in [0.25, 0.3) is 0 Å². The maximum atomic E-state index is 13.0. The predicted octanol–water partition coefficient (Wildman–Crippen LogP) is 6.28. The number of thiocarbonyl (C=S) groups is 1. The second kappa shape index (κ2) is 10.6. The molecule has 5 heteroatoms. The Morgan fingerprint density at radius 3 is 2.33 bits per heavy atom. The lowest BCUT2D eigenvalue weighted by Crippen LogP contribution is -2.39. The van der Waals surface area contributed by atoms with Crippen LogP contribution in [0.2, 0.25) is 0 Å². The van der Waals surface area contributed by atoms with E-state index in [0.29, 0.717) is 22.8 Å². The highest BCUT2D eigenvalue weighted by Gasteiger charge is 2.15. The number of hydrogen-bond acceptors (Lipinski definition) is 3. The molecule has 0 saturated heterocycles. The van der Waals surface area contributed by atoms with Crippen LogP contribution in [0.5, 0.6) is 5.75 Å². The van der Waals surface area contributed by atoms with Crippen molar-refractivity contribution in [2.75, 3.05) is 11.9 Å². The Labute approximate surface area is 202 Å². The lowest BCUT2D eigenvalue weighted by molar-refractivity contribution is 0.103. The lowest BCUT2D eigenvalue weighted by Gasteiger charge is -2.19. The van der Waals surface area contributed by atoms with Gasteiger partial charge in [0, 0.05) is 16.8 Å². The molecular weight excluding hydrogens is 428 g/mol. The Balaban J connectivity index is 1.58. The monoisotopic (exact) mass is 460 g/mol. The van der Waals surface area contributed by atoms with Gasteiger partial charge in [0.05, 0.1) is 6.04 Å². The topological polar surface area (TPSA) is 50.4 Å². The molecule has 0 aliphatic carbocycles. The maximum absolute atomic E-state index is 13.0. The summed E-state index contributed by atoms with van der Waals surface area (Å²) >= 11 is 5.46. The molecule has 0 heterocycles. The highest BCUT2D eigenvalue weighted by atomic mass is 32.1. The molecule has 1 unspecified atom stereocenters. The van der Waals surface area contributed by atoms with Crippen LogP contribution in [0.15, 0.2) is 72.8 Å². The quantitative estimate of drug-likeness (QED) is 0.321. The van der Waals surface area contributed by atoms with Gasteiger partial charge in [-0.15, -0.1) is 0 Å². The van der Waals surface area contributed by atoms with Crippen LogP contribution < -0.4 is 15.4 Å². The number of ketones is 1. The fourth-order valence-electron chi connectivity index (χ4n) is 3.39. The molecular formula is C28H32N2O2S. The second-order valence-electron chi connectivity index (χ2n) is 9.31. The number of ether oxygens (including phenoxy) is 1. The Bertz CT molecular complexity index is 1120. The van der Waals surface area contributed by atoms with E-state index in [2.05, 4.69) is 31.4 Å². The van der Waals surface area contributed by atoms with Gasteiger partial charge in [0.2, 0.25) is 0 Å². The molecule has 2 N–H and O–H groups in total. The molecule has 0 bridgehead atoms. The number of hydrogen-bond donors (Lipinski definition) is 2. The van der Waals surface area contributed by atoms with Gasteiger partial charge in [0.15, 0.2) is 10.9 Å². The third-order valence-corrected chi connectivity index (χ3v) is 5.58. The lowest BCUT2D eigenvalue weighted by atomic mass is 9.86. The average molecular weight is 461 g/mol. The van der Waals surface area contributed by atoms with Crippen molar-refractivity contribution in [3.63, 3.8) is 0 Å². The molecule has 3 aromatic carbocycles. The highest BCUT2D eigenvalue weighted by Crippen LogP contribution is 2.23. The fourth-order valence-corrected chi connectivity index (χ4v) is 3.71. The first kappa shape index (κ1) is 24.5. The number of aryl methyl sites for hydroxylation is 1. The van der Waals surface area contributed by atoms with Gasteiger partial charge in [0.1, 0.15) is 12.4 Å². The SMILES string of the molecule is Cc1ccccc1OCC(C)NC(=S)Nc1cccc(C(=O)c2ccc(C(C)(C)C)cc2)c1. The summed E-state index contributed by atoms with van der Waals surface area (Å²) in [5.74, 6) is 0.852. The molecule has 0 radical (unpaired) electrons. The molecule has 0 aliphatic rings. The Morgan fingerprint density at radius 1 is 0.970 bits per heavy atom. The number of para-hydroxylation sites is 1. The number of nitrogens with one attached hydrogen (secondary N) is 2. The Morgan fingerprint density at radius 2 is 1.67 bits per heavy atom. The Kier molecular flexibility index (Phi) is 7.88. The van der Waals surface area contributed by atoms with Crippen LogP contribution in [-0.2, 0) is 5.41 Å². The van der Waals surface area contributed by atoms with E-state index in [1.165, 1.54) is 5.56 Å². The average Bonchev–Trinajstić information content (AvgIpc) is 2.77.